The molecule has 1 aromatic carbocycles. The Bertz CT molecular complexity index is 428. The molecule has 0 unspecified atom stereocenters. The number of benzene rings is 1. The maximum Gasteiger partial charge on any atom is 0.134 e. The van der Waals surface area contributed by atoms with Crippen molar-refractivity contribution in [3.8, 4) is 11.5 Å². The Morgan fingerprint density at radius 3 is 2.33 bits per heavy atom. The molecule has 0 N–H and O–H groups in total. The highest BCUT2D eigenvalue weighted by atomic mass is 79.9. The van der Waals surface area contributed by atoms with Crippen molar-refractivity contribution in [2.24, 2.45) is 5.41 Å². The van der Waals surface area contributed by atoms with Crippen LogP contribution in [0.1, 0.15) is 19.3 Å². The molecule has 100 valence electrons. The highest BCUT2D eigenvalue weighted by Crippen LogP contribution is 2.43. The van der Waals surface area contributed by atoms with Crippen molar-refractivity contribution in [1.82, 2.24) is 0 Å². The summed E-state index contributed by atoms with van der Waals surface area (Å²) in [7, 11) is 1.65. The molecule has 0 heterocycles. The van der Waals surface area contributed by atoms with Gasteiger partial charge in [-0.1, -0.05) is 6.42 Å². The van der Waals surface area contributed by atoms with Crippen LogP contribution in [-0.2, 0) is 0 Å². The van der Waals surface area contributed by atoms with E-state index >= 15 is 0 Å². The first kappa shape index (κ1) is 14.5. The van der Waals surface area contributed by atoms with Crippen LogP contribution in [0.2, 0.25) is 0 Å². The summed E-state index contributed by atoms with van der Waals surface area (Å²) in [6, 6.07) is 3.85. The summed E-state index contributed by atoms with van der Waals surface area (Å²) < 4.78 is 13.0. The number of thiol groups is 1. The smallest absolute Gasteiger partial charge is 0.134 e. The van der Waals surface area contributed by atoms with Crippen molar-refractivity contribution >= 4 is 44.5 Å². The van der Waals surface area contributed by atoms with E-state index in [0.29, 0.717) is 0 Å². The van der Waals surface area contributed by atoms with Crippen LogP contribution in [0.15, 0.2) is 21.1 Å². The van der Waals surface area contributed by atoms with Gasteiger partial charge in [0.05, 0.1) is 22.7 Å². The van der Waals surface area contributed by atoms with E-state index in [1.165, 1.54) is 19.3 Å². The molecule has 0 amide bonds. The van der Waals surface area contributed by atoms with Gasteiger partial charge in [0.1, 0.15) is 11.5 Å². The van der Waals surface area contributed by atoms with Crippen molar-refractivity contribution in [3.05, 3.63) is 21.1 Å². The van der Waals surface area contributed by atoms with Crippen LogP contribution < -0.4 is 9.47 Å². The molecular formula is C13H16Br2O2S. The predicted octanol–water partition coefficient (Wildman–Crippen LogP) is 4.70. The Morgan fingerprint density at radius 2 is 1.83 bits per heavy atom. The summed E-state index contributed by atoms with van der Waals surface area (Å²) in [4.78, 5) is 0. The van der Waals surface area contributed by atoms with Crippen LogP contribution in [0.25, 0.3) is 0 Å². The third-order valence-electron chi connectivity index (χ3n) is 3.49. The third-order valence-corrected chi connectivity index (χ3v) is 5.40. The van der Waals surface area contributed by atoms with Gasteiger partial charge in [0.25, 0.3) is 0 Å². The molecule has 1 aliphatic rings. The lowest BCUT2D eigenvalue weighted by Crippen LogP contribution is -2.37. The van der Waals surface area contributed by atoms with E-state index in [1.807, 2.05) is 12.1 Å². The van der Waals surface area contributed by atoms with Crippen molar-refractivity contribution < 1.29 is 9.47 Å². The monoisotopic (exact) mass is 394 g/mol. The largest absolute Gasteiger partial charge is 0.496 e. The first-order valence-corrected chi connectivity index (χ1v) is 8.09. The standard InChI is InChI=1S/C13H16Br2O2S/c1-16-11-5-10(15)12(6-9(11)14)17-7-13(8-18)3-2-4-13/h5-6,18H,2-4,7-8H2,1H3. The molecule has 5 heteroatoms. The van der Waals surface area contributed by atoms with E-state index < -0.39 is 0 Å². The fourth-order valence-corrected chi connectivity index (χ4v) is 3.36. The second-order valence-corrected chi connectivity index (χ2v) is 6.74. The number of hydrogen-bond donors (Lipinski definition) is 1. The molecule has 1 aliphatic carbocycles. The van der Waals surface area contributed by atoms with E-state index in [-0.39, 0.29) is 5.41 Å². The minimum absolute atomic E-state index is 0.273. The number of rotatable bonds is 5. The molecule has 0 spiro atoms. The summed E-state index contributed by atoms with van der Waals surface area (Å²) in [5, 5.41) is 0. The summed E-state index contributed by atoms with van der Waals surface area (Å²) in [6.07, 6.45) is 3.72. The zero-order valence-corrected chi connectivity index (χ0v) is 14.3. The Labute approximate surface area is 130 Å². The molecule has 18 heavy (non-hydrogen) atoms. The van der Waals surface area contributed by atoms with Crippen LogP contribution >= 0.6 is 44.5 Å². The van der Waals surface area contributed by atoms with Gasteiger partial charge in [0, 0.05) is 5.41 Å². The molecule has 0 radical (unpaired) electrons. The van der Waals surface area contributed by atoms with E-state index in [1.54, 1.807) is 7.11 Å². The lowest BCUT2D eigenvalue weighted by molar-refractivity contribution is 0.0824. The van der Waals surface area contributed by atoms with E-state index in [0.717, 1.165) is 32.8 Å². The van der Waals surface area contributed by atoms with Crippen molar-refractivity contribution in [1.29, 1.82) is 0 Å². The van der Waals surface area contributed by atoms with Gasteiger partial charge < -0.3 is 9.47 Å². The van der Waals surface area contributed by atoms with Crippen LogP contribution in [0, 0.1) is 5.41 Å². The van der Waals surface area contributed by atoms with Crippen molar-refractivity contribution in [2.45, 2.75) is 19.3 Å². The van der Waals surface area contributed by atoms with Crippen LogP contribution in [0.4, 0.5) is 0 Å². The average molecular weight is 396 g/mol. The minimum atomic E-state index is 0.273. The van der Waals surface area contributed by atoms with Crippen molar-refractivity contribution in [3.63, 3.8) is 0 Å². The fraction of sp³-hybridized carbons (Fsp3) is 0.538. The second-order valence-electron chi connectivity index (χ2n) is 4.72. The molecular weight excluding hydrogens is 380 g/mol. The quantitative estimate of drug-likeness (QED) is 0.728. The molecule has 0 atom stereocenters. The molecule has 1 saturated carbocycles. The highest BCUT2D eigenvalue weighted by Gasteiger charge is 2.36. The molecule has 2 rings (SSSR count). The van der Waals surface area contributed by atoms with Gasteiger partial charge >= 0.3 is 0 Å². The molecule has 1 fully saturated rings. The highest BCUT2D eigenvalue weighted by molar-refractivity contribution is 9.11. The average Bonchev–Trinajstić information content (AvgIpc) is 2.32. The fourth-order valence-electron chi connectivity index (χ4n) is 2.03. The van der Waals surface area contributed by atoms with Gasteiger partial charge in [0.15, 0.2) is 0 Å². The van der Waals surface area contributed by atoms with Gasteiger partial charge in [-0.05, 0) is 62.6 Å². The molecule has 0 saturated heterocycles. The third kappa shape index (κ3) is 2.99. The lowest BCUT2D eigenvalue weighted by atomic mass is 9.71. The Hall–Kier alpha value is 0.130. The van der Waals surface area contributed by atoms with Crippen molar-refractivity contribution in [2.75, 3.05) is 19.5 Å². The molecule has 0 bridgehead atoms. The summed E-state index contributed by atoms with van der Waals surface area (Å²) in [6.45, 7) is 0.730. The van der Waals surface area contributed by atoms with E-state index in [9.17, 15) is 0 Å². The Balaban J connectivity index is 2.07. The number of hydrogen-bond acceptors (Lipinski definition) is 3. The number of ether oxygens (including phenoxy) is 2. The lowest BCUT2D eigenvalue weighted by Gasteiger charge is -2.40. The zero-order chi connectivity index (χ0) is 13.2. The van der Waals surface area contributed by atoms with Crippen LogP contribution in [0.3, 0.4) is 0 Å². The predicted molar refractivity (Wildman–Crippen MR) is 84.0 cm³/mol. The minimum Gasteiger partial charge on any atom is -0.496 e. The van der Waals surface area contributed by atoms with Gasteiger partial charge in [-0.2, -0.15) is 12.6 Å². The first-order chi connectivity index (χ1) is 8.60. The Morgan fingerprint density at radius 1 is 1.22 bits per heavy atom. The van der Waals surface area contributed by atoms with Gasteiger partial charge in [-0.15, -0.1) is 0 Å². The number of methoxy groups -OCH3 is 1. The SMILES string of the molecule is COc1cc(Br)c(OCC2(CS)CCC2)cc1Br. The second kappa shape index (κ2) is 6.06. The molecule has 1 aromatic rings. The summed E-state index contributed by atoms with van der Waals surface area (Å²) in [5.74, 6) is 2.53. The number of halogens is 2. The molecule has 2 nitrogen and oxygen atoms in total. The zero-order valence-electron chi connectivity index (χ0n) is 10.2. The van der Waals surface area contributed by atoms with Crippen LogP contribution in [0.5, 0.6) is 11.5 Å². The maximum absolute atomic E-state index is 5.93. The van der Waals surface area contributed by atoms with E-state index in [4.69, 9.17) is 9.47 Å². The van der Waals surface area contributed by atoms with E-state index in [2.05, 4.69) is 44.5 Å². The first-order valence-electron chi connectivity index (χ1n) is 5.87. The molecule has 0 aromatic heterocycles. The molecule has 0 aliphatic heterocycles. The van der Waals surface area contributed by atoms with Gasteiger partial charge in [-0.25, -0.2) is 0 Å². The van der Waals surface area contributed by atoms with Crippen LogP contribution in [-0.4, -0.2) is 19.5 Å². The van der Waals surface area contributed by atoms with Gasteiger partial charge in [0.2, 0.25) is 0 Å². The Kier molecular flexibility index (Phi) is 4.89. The normalized spacial score (nSPS) is 17.1. The topological polar surface area (TPSA) is 18.5 Å². The summed E-state index contributed by atoms with van der Waals surface area (Å²) >= 11 is 11.4. The maximum atomic E-state index is 5.93. The summed E-state index contributed by atoms with van der Waals surface area (Å²) in [5.41, 5.74) is 0.273. The van der Waals surface area contributed by atoms with Gasteiger partial charge in [-0.3, -0.25) is 0 Å².